The molecule has 0 aromatic carbocycles. The summed E-state index contributed by atoms with van der Waals surface area (Å²) in [4.78, 5) is 17.7. The molecule has 1 N–H and O–H groups in total. The number of aromatic nitrogens is 3. The van der Waals surface area contributed by atoms with E-state index in [2.05, 4.69) is 10.1 Å². The zero-order chi connectivity index (χ0) is 13.6. The van der Waals surface area contributed by atoms with Gasteiger partial charge in [0.15, 0.2) is 5.82 Å². The highest BCUT2D eigenvalue weighted by Gasteiger charge is 2.41. The lowest BCUT2D eigenvalue weighted by molar-refractivity contribution is -0.146. The van der Waals surface area contributed by atoms with Crippen molar-refractivity contribution in [2.24, 2.45) is 5.41 Å². The van der Waals surface area contributed by atoms with Gasteiger partial charge in [0.25, 0.3) is 0 Å². The van der Waals surface area contributed by atoms with Crippen LogP contribution >= 0.6 is 0 Å². The minimum Gasteiger partial charge on any atom is -0.481 e. The zero-order valence-corrected chi connectivity index (χ0v) is 11.0. The quantitative estimate of drug-likeness (QED) is 0.882. The summed E-state index contributed by atoms with van der Waals surface area (Å²) in [5.41, 5.74) is 1.16. The van der Waals surface area contributed by atoms with Crippen LogP contribution in [0.1, 0.15) is 19.0 Å². The number of hydrogen-bond donors (Lipinski definition) is 1. The molecule has 0 aliphatic carbocycles. The summed E-state index contributed by atoms with van der Waals surface area (Å²) in [5, 5.41) is 13.6. The van der Waals surface area contributed by atoms with Gasteiger partial charge in [-0.15, -0.1) is 0 Å². The van der Waals surface area contributed by atoms with E-state index in [0.29, 0.717) is 19.5 Å². The second-order valence-electron chi connectivity index (χ2n) is 5.40. The average molecular weight is 260 g/mol. The molecular weight excluding hydrogens is 244 g/mol. The average Bonchev–Trinajstić information content (AvgIpc) is 2.91. The van der Waals surface area contributed by atoms with Crippen molar-refractivity contribution >= 4 is 17.3 Å². The van der Waals surface area contributed by atoms with Gasteiger partial charge in [-0.25, -0.2) is 9.50 Å². The molecular formula is C13H16N4O2. The molecule has 0 bridgehead atoms. The molecule has 3 heterocycles. The van der Waals surface area contributed by atoms with E-state index in [9.17, 15) is 9.90 Å². The van der Waals surface area contributed by atoms with Crippen molar-refractivity contribution in [2.75, 3.05) is 18.0 Å². The first-order chi connectivity index (χ1) is 8.99. The minimum absolute atomic E-state index is 0.485. The lowest BCUT2D eigenvalue weighted by Crippen LogP contribution is -2.32. The van der Waals surface area contributed by atoms with E-state index >= 15 is 0 Å². The number of anilines is 1. The van der Waals surface area contributed by atoms with Crippen LogP contribution in [-0.4, -0.2) is 38.8 Å². The lowest BCUT2D eigenvalue weighted by atomic mass is 9.90. The highest BCUT2D eigenvalue weighted by atomic mass is 16.4. The standard InChI is InChI=1S/C13H16N4O2/c1-9-7-10-11(14-4-6-17(10)15-9)16-5-3-13(2,8-16)12(18)19/h4,6-7H,3,5,8H2,1-2H3,(H,18,19)/t13-/m0/s1. The third kappa shape index (κ3) is 1.83. The van der Waals surface area contributed by atoms with E-state index in [4.69, 9.17) is 0 Å². The molecule has 0 spiro atoms. The summed E-state index contributed by atoms with van der Waals surface area (Å²) in [7, 11) is 0. The fourth-order valence-electron chi connectivity index (χ4n) is 2.59. The van der Waals surface area contributed by atoms with Gasteiger partial charge in [-0.2, -0.15) is 5.10 Å². The smallest absolute Gasteiger partial charge is 0.311 e. The molecule has 6 heteroatoms. The topological polar surface area (TPSA) is 70.7 Å². The van der Waals surface area contributed by atoms with E-state index in [1.807, 2.05) is 17.9 Å². The molecule has 3 rings (SSSR count). The van der Waals surface area contributed by atoms with Crippen molar-refractivity contribution in [3.05, 3.63) is 24.2 Å². The number of aliphatic carboxylic acids is 1. The summed E-state index contributed by atoms with van der Waals surface area (Å²) in [6, 6.07) is 1.97. The predicted molar refractivity (Wildman–Crippen MR) is 70.3 cm³/mol. The molecule has 19 heavy (non-hydrogen) atoms. The Balaban J connectivity index is 2.00. The van der Waals surface area contributed by atoms with Crippen LogP contribution in [0.5, 0.6) is 0 Å². The van der Waals surface area contributed by atoms with Gasteiger partial charge in [0.1, 0.15) is 5.52 Å². The summed E-state index contributed by atoms with van der Waals surface area (Å²) in [5.74, 6) is 0.0692. The summed E-state index contributed by atoms with van der Waals surface area (Å²) < 4.78 is 1.79. The van der Waals surface area contributed by atoms with Crippen LogP contribution < -0.4 is 4.90 Å². The normalized spacial score (nSPS) is 23.2. The maximum absolute atomic E-state index is 11.3. The first-order valence-electron chi connectivity index (χ1n) is 6.29. The molecule has 2 aromatic heterocycles. The summed E-state index contributed by atoms with van der Waals surface area (Å²) in [6.07, 6.45) is 4.14. The Morgan fingerprint density at radius 2 is 2.32 bits per heavy atom. The highest BCUT2D eigenvalue weighted by Crippen LogP contribution is 2.34. The molecule has 0 saturated carbocycles. The van der Waals surface area contributed by atoms with E-state index in [1.54, 1.807) is 23.8 Å². The van der Waals surface area contributed by atoms with Crippen molar-refractivity contribution in [1.82, 2.24) is 14.6 Å². The Labute approximate surface area is 110 Å². The van der Waals surface area contributed by atoms with Crippen LogP contribution in [0.4, 0.5) is 5.82 Å². The monoisotopic (exact) mass is 260 g/mol. The number of carbonyl (C=O) groups is 1. The number of nitrogens with zero attached hydrogens (tertiary/aromatic N) is 4. The fraction of sp³-hybridized carbons (Fsp3) is 0.462. The van der Waals surface area contributed by atoms with Crippen molar-refractivity contribution in [2.45, 2.75) is 20.3 Å². The van der Waals surface area contributed by atoms with Gasteiger partial charge in [0.2, 0.25) is 0 Å². The molecule has 1 fully saturated rings. The van der Waals surface area contributed by atoms with Crippen LogP contribution in [0.2, 0.25) is 0 Å². The second-order valence-corrected chi connectivity index (χ2v) is 5.40. The largest absolute Gasteiger partial charge is 0.481 e. The summed E-state index contributed by atoms with van der Waals surface area (Å²) in [6.45, 7) is 4.91. The van der Waals surface area contributed by atoms with Gasteiger partial charge in [-0.1, -0.05) is 0 Å². The number of carboxylic acids is 1. The van der Waals surface area contributed by atoms with Gasteiger partial charge in [0.05, 0.1) is 11.1 Å². The molecule has 1 aliphatic heterocycles. The first-order valence-corrected chi connectivity index (χ1v) is 6.29. The Morgan fingerprint density at radius 1 is 1.53 bits per heavy atom. The predicted octanol–water partition coefficient (Wildman–Crippen LogP) is 1.34. The van der Waals surface area contributed by atoms with Gasteiger partial charge in [-0.3, -0.25) is 4.79 Å². The van der Waals surface area contributed by atoms with Crippen molar-refractivity contribution in [1.29, 1.82) is 0 Å². The van der Waals surface area contributed by atoms with Crippen LogP contribution in [0.15, 0.2) is 18.5 Å². The van der Waals surface area contributed by atoms with Crippen molar-refractivity contribution in [3.63, 3.8) is 0 Å². The van der Waals surface area contributed by atoms with Gasteiger partial charge >= 0.3 is 5.97 Å². The van der Waals surface area contributed by atoms with Crippen LogP contribution in [0, 0.1) is 12.3 Å². The van der Waals surface area contributed by atoms with Crippen LogP contribution in [0.25, 0.3) is 5.52 Å². The van der Waals surface area contributed by atoms with Crippen LogP contribution in [0.3, 0.4) is 0 Å². The van der Waals surface area contributed by atoms with E-state index < -0.39 is 11.4 Å². The van der Waals surface area contributed by atoms with Gasteiger partial charge in [-0.05, 0) is 26.3 Å². The van der Waals surface area contributed by atoms with Crippen LogP contribution in [-0.2, 0) is 4.79 Å². The zero-order valence-electron chi connectivity index (χ0n) is 11.0. The third-order valence-corrected chi connectivity index (χ3v) is 3.78. The minimum atomic E-state index is -0.744. The molecule has 1 saturated heterocycles. The Kier molecular flexibility index (Phi) is 2.48. The summed E-state index contributed by atoms with van der Waals surface area (Å²) >= 11 is 0. The lowest BCUT2D eigenvalue weighted by Gasteiger charge is -2.21. The highest BCUT2D eigenvalue weighted by molar-refractivity contribution is 5.77. The Morgan fingerprint density at radius 3 is 3.00 bits per heavy atom. The second kappa shape index (κ2) is 3.94. The fourth-order valence-corrected chi connectivity index (χ4v) is 2.59. The Bertz CT molecular complexity index is 651. The molecule has 2 aromatic rings. The van der Waals surface area contributed by atoms with Crippen molar-refractivity contribution in [3.8, 4) is 0 Å². The number of hydrogen-bond acceptors (Lipinski definition) is 4. The van der Waals surface area contributed by atoms with E-state index in [1.165, 1.54) is 0 Å². The number of rotatable bonds is 2. The SMILES string of the molecule is Cc1cc2c(N3CC[C@](C)(C(=O)O)C3)nccn2n1. The van der Waals surface area contributed by atoms with E-state index in [-0.39, 0.29) is 0 Å². The molecule has 100 valence electrons. The molecule has 0 amide bonds. The first kappa shape index (κ1) is 12.0. The molecule has 1 atom stereocenters. The third-order valence-electron chi connectivity index (χ3n) is 3.78. The van der Waals surface area contributed by atoms with Gasteiger partial charge in [0, 0.05) is 25.5 Å². The number of aryl methyl sites for hydroxylation is 1. The molecule has 0 unspecified atom stereocenters. The molecule has 1 aliphatic rings. The van der Waals surface area contributed by atoms with Gasteiger partial charge < -0.3 is 10.0 Å². The molecule has 6 nitrogen and oxygen atoms in total. The molecule has 0 radical (unpaired) electrons. The number of carboxylic acid groups (broad SMARTS) is 1. The number of fused-ring (bicyclic) bond motifs is 1. The maximum Gasteiger partial charge on any atom is 0.311 e. The van der Waals surface area contributed by atoms with E-state index in [0.717, 1.165) is 17.0 Å². The van der Waals surface area contributed by atoms with Crippen molar-refractivity contribution < 1.29 is 9.90 Å². The maximum atomic E-state index is 11.3. The Hall–Kier alpha value is -2.11.